The van der Waals surface area contributed by atoms with Crippen molar-refractivity contribution in [3.63, 3.8) is 0 Å². The van der Waals surface area contributed by atoms with Crippen molar-refractivity contribution in [2.45, 2.75) is 69.5 Å². The monoisotopic (exact) mass is 290 g/mol. The maximum Gasteiger partial charge on any atom is 0.105 e. The highest BCUT2D eigenvalue weighted by Crippen LogP contribution is 2.25. The fourth-order valence-corrected chi connectivity index (χ4v) is 3.84. The van der Waals surface area contributed by atoms with E-state index in [1.54, 1.807) is 0 Å². The topological polar surface area (TPSA) is 42.3 Å². The summed E-state index contributed by atoms with van der Waals surface area (Å²) in [5, 5.41) is 12.9. The minimum atomic E-state index is -0.330. The Kier molecular flexibility index (Phi) is 4.83. The molecule has 4 heteroatoms. The molecule has 0 aromatic rings. The third-order valence-corrected chi connectivity index (χ3v) is 5.52. The normalized spacial score (nSPS) is 28.4. The third-order valence-electron chi connectivity index (χ3n) is 5.52. The maximum atomic E-state index is 9.44. The molecule has 1 heterocycles. The highest BCUT2D eigenvalue weighted by Gasteiger charge is 2.33. The van der Waals surface area contributed by atoms with Gasteiger partial charge < -0.3 is 4.90 Å². The number of nitrogens with one attached hydrogen (secondary N) is 1. The van der Waals surface area contributed by atoms with Gasteiger partial charge >= 0.3 is 0 Å². The van der Waals surface area contributed by atoms with Gasteiger partial charge in [-0.3, -0.25) is 10.2 Å². The lowest BCUT2D eigenvalue weighted by atomic mass is 9.99. The van der Waals surface area contributed by atoms with E-state index in [0.29, 0.717) is 6.04 Å². The van der Waals surface area contributed by atoms with E-state index < -0.39 is 0 Å². The molecule has 0 aromatic carbocycles. The first-order chi connectivity index (χ1) is 10.2. The van der Waals surface area contributed by atoms with E-state index in [2.05, 4.69) is 28.1 Å². The zero-order chi connectivity index (χ0) is 14.7. The molecule has 1 unspecified atom stereocenters. The van der Waals surface area contributed by atoms with Gasteiger partial charge in [0, 0.05) is 44.8 Å². The SMILES string of the molecule is CC(C#N)(CCN1CCN(C2CCCC2)CC1)NC1CC1. The van der Waals surface area contributed by atoms with Crippen molar-refractivity contribution in [2.24, 2.45) is 0 Å². The average Bonchev–Trinajstić information content (AvgIpc) is 3.15. The molecule has 21 heavy (non-hydrogen) atoms. The Balaban J connectivity index is 1.39. The molecule has 0 spiro atoms. The molecule has 2 saturated carbocycles. The van der Waals surface area contributed by atoms with Gasteiger partial charge in [-0.05, 0) is 39.0 Å². The number of hydrogen-bond donors (Lipinski definition) is 1. The lowest BCUT2D eigenvalue weighted by Gasteiger charge is -2.39. The van der Waals surface area contributed by atoms with Crippen LogP contribution in [0.5, 0.6) is 0 Å². The molecule has 2 aliphatic carbocycles. The number of hydrogen-bond acceptors (Lipinski definition) is 4. The Labute approximate surface area is 129 Å². The highest BCUT2D eigenvalue weighted by molar-refractivity contribution is 5.07. The van der Waals surface area contributed by atoms with Crippen molar-refractivity contribution in [1.29, 1.82) is 5.26 Å². The summed E-state index contributed by atoms with van der Waals surface area (Å²) in [5.74, 6) is 0. The van der Waals surface area contributed by atoms with Crippen LogP contribution in [0.25, 0.3) is 0 Å². The molecule has 4 nitrogen and oxygen atoms in total. The van der Waals surface area contributed by atoms with Gasteiger partial charge in [0.25, 0.3) is 0 Å². The zero-order valence-electron chi connectivity index (χ0n) is 13.5. The van der Waals surface area contributed by atoms with Crippen LogP contribution in [-0.2, 0) is 0 Å². The summed E-state index contributed by atoms with van der Waals surface area (Å²) in [4.78, 5) is 5.26. The van der Waals surface area contributed by atoms with Gasteiger partial charge in [-0.25, -0.2) is 0 Å². The van der Waals surface area contributed by atoms with E-state index in [4.69, 9.17) is 0 Å². The number of nitriles is 1. The molecule has 1 aliphatic heterocycles. The Morgan fingerprint density at radius 2 is 1.76 bits per heavy atom. The predicted molar refractivity (Wildman–Crippen MR) is 85.1 cm³/mol. The quantitative estimate of drug-likeness (QED) is 0.812. The number of piperazine rings is 1. The average molecular weight is 290 g/mol. The largest absolute Gasteiger partial charge is 0.301 e. The molecule has 0 aromatic heterocycles. The van der Waals surface area contributed by atoms with Crippen molar-refractivity contribution in [3.8, 4) is 6.07 Å². The molecule has 0 bridgehead atoms. The zero-order valence-corrected chi connectivity index (χ0v) is 13.5. The van der Waals surface area contributed by atoms with Crippen LogP contribution in [0, 0.1) is 11.3 Å². The molecule has 1 N–H and O–H groups in total. The van der Waals surface area contributed by atoms with Gasteiger partial charge in [0.05, 0.1) is 6.07 Å². The molecule has 0 radical (unpaired) electrons. The van der Waals surface area contributed by atoms with Crippen LogP contribution >= 0.6 is 0 Å². The minimum absolute atomic E-state index is 0.330. The number of rotatable bonds is 6. The summed E-state index contributed by atoms with van der Waals surface area (Å²) in [6, 6.07) is 3.97. The van der Waals surface area contributed by atoms with Gasteiger partial charge in [0.15, 0.2) is 0 Å². The summed E-state index contributed by atoms with van der Waals surface area (Å²) < 4.78 is 0. The van der Waals surface area contributed by atoms with Crippen LogP contribution in [0.4, 0.5) is 0 Å². The van der Waals surface area contributed by atoms with Crippen molar-refractivity contribution in [2.75, 3.05) is 32.7 Å². The van der Waals surface area contributed by atoms with E-state index in [0.717, 1.165) is 19.0 Å². The van der Waals surface area contributed by atoms with Crippen LogP contribution < -0.4 is 5.32 Å². The van der Waals surface area contributed by atoms with Gasteiger partial charge in [0.2, 0.25) is 0 Å². The second-order valence-electron chi connectivity index (χ2n) is 7.43. The molecule has 3 rings (SSSR count). The van der Waals surface area contributed by atoms with Crippen LogP contribution in [0.2, 0.25) is 0 Å². The Morgan fingerprint density at radius 3 is 2.33 bits per heavy atom. The van der Waals surface area contributed by atoms with Crippen LogP contribution in [0.1, 0.15) is 51.9 Å². The molecule has 1 saturated heterocycles. The van der Waals surface area contributed by atoms with Gasteiger partial charge in [0.1, 0.15) is 5.54 Å². The smallest absolute Gasteiger partial charge is 0.105 e. The van der Waals surface area contributed by atoms with Crippen molar-refractivity contribution in [3.05, 3.63) is 0 Å². The summed E-state index contributed by atoms with van der Waals surface area (Å²) in [5.41, 5.74) is -0.330. The first kappa shape index (κ1) is 15.3. The Hall–Kier alpha value is -0.630. The van der Waals surface area contributed by atoms with Gasteiger partial charge in [-0.1, -0.05) is 12.8 Å². The predicted octanol–water partition coefficient (Wildman–Crippen LogP) is 1.97. The Morgan fingerprint density at radius 1 is 1.10 bits per heavy atom. The fourth-order valence-electron chi connectivity index (χ4n) is 3.84. The first-order valence-corrected chi connectivity index (χ1v) is 8.84. The highest BCUT2D eigenvalue weighted by atomic mass is 15.3. The second-order valence-corrected chi connectivity index (χ2v) is 7.43. The van der Waals surface area contributed by atoms with E-state index in [9.17, 15) is 5.26 Å². The summed E-state index contributed by atoms with van der Waals surface area (Å²) >= 11 is 0. The van der Waals surface area contributed by atoms with E-state index in [-0.39, 0.29) is 5.54 Å². The van der Waals surface area contributed by atoms with E-state index >= 15 is 0 Å². The van der Waals surface area contributed by atoms with Crippen molar-refractivity contribution in [1.82, 2.24) is 15.1 Å². The van der Waals surface area contributed by atoms with Crippen LogP contribution in [-0.4, -0.2) is 60.1 Å². The first-order valence-electron chi connectivity index (χ1n) is 8.84. The summed E-state index contributed by atoms with van der Waals surface area (Å²) in [6.07, 6.45) is 9.13. The molecular weight excluding hydrogens is 260 g/mol. The summed E-state index contributed by atoms with van der Waals surface area (Å²) in [6.45, 7) is 7.94. The minimum Gasteiger partial charge on any atom is -0.301 e. The maximum absolute atomic E-state index is 9.44. The lowest BCUT2D eigenvalue weighted by Crippen LogP contribution is -2.51. The fraction of sp³-hybridized carbons (Fsp3) is 0.941. The summed E-state index contributed by atoms with van der Waals surface area (Å²) in [7, 11) is 0. The van der Waals surface area contributed by atoms with Gasteiger partial charge in [-0.15, -0.1) is 0 Å². The number of nitrogens with zero attached hydrogens (tertiary/aromatic N) is 3. The second kappa shape index (κ2) is 6.64. The van der Waals surface area contributed by atoms with Crippen LogP contribution in [0.3, 0.4) is 0 Å². The third kappa shape index (κ3) is 4.18. The molecular formula is C17H30N4. The van der Waals surface area contributed by atoms with Crippen LogP contribution in [0.15, 0.2) is 0 Å². The molecule has 3 aliphatic rings. The molecule has 0 amide bonds. The Bertz CT molecular complexity index is 373. The van der Waals surface area contributed by atoms with Gasteiger partial charge in [-0.2, -0.15) is 5.26 Å². The van der Waals surface area contributed by atoms with E-state index in [1.807, 2.05) is 0 Å². The van der Waals surface area contributed by atoms with E-state index in [1.165, 1.54) is 64.7 Å². The molecule has 1 atom stereocenters. The standard InChI is InChI=1S/C17H30N4/c1-17(14-18,19-15-6-7-15)8-9-20-10-12-21(13-11-20)16-4-2-3-5-16/h15-16,19H,2-13H2,1H3. The molecule has 118 valence electrons. The van der Waals surface area contributed by atoms with Crippen molar-refractivity contribution >= 4 is 0 Å². The molecule has 3 fully saturated rings. The van der Waals surface area contributed by atoms with Crippen molar-refractivity contribution < 1.29 is 0 Å². The lowest BCUT2D eigenvalue weighted by molar-refractivity contribution is 0.0935.